The third-order valence-electron chi connectivity index (χ3n) is 8.77. The fourth-order valence-corrected chi connectivity index (χ4v) is 7.57. The van der Waals surface area contributed by atoms with Gasteiger partial charge in [0.25, 0.3) is 0 Å². The Morgan fingerprint density at radius 3 is 2.60 bits per heavy atom. The van der Waals surface area contributed by atoms with E-state index in [-0.39, 0.29) is 48.3 Å². The zero-order valence-electron chi connectivity index (χ0n) is 23.4. The molecule has 1 N–H and O–H groups in total. The average molecular weight is 588 g/mol. The standard InChI is InChI=1S/C29H37N3O6S2/c1-6-18-14-29(18,27(35)31-40(36,37)20-11-12-20)15-23(33)22-13-19(16-32(22)26(34)17(2)28(3,4)5)38-25-21-9-7-8-10-24(21)39-30-25/h6-10,17-20,22H,1,11-16H2,2-5H3,(H,31,35)/t17-,18?,19-,22+,29-/m1/s1. The van der Waals surface area contributed by atoms with Crippen molar-refractivity contribution in [1.82, 2.24) is 14.0 Å². The quantitative estimate of drug-likeness (QED) is 0.416. The van der Waals surface area contributed by atoms with E-state index in [4.69, 9.17) is 4.74 Å². The monoisotopic (exact) mass is 587 g/mol. The van der Waals surface area contributed by atoms with Gasteiger partial charge in [0.1, 0.15) is 6.10 Å². The van der Waals surface area contributed by atoms with Crippen LogP contribution < -0.4 is 9.46 Å². The van der Waals surface area contributed by atoms with Crippen molar-refractivity contribution in [3.63, 3.8) is 0 Å². The first-order valence-electron chi connectivity index (χ1n) is 13.8. The van der Waals surface area contributed by atoms with Gasteiger partial charge in [0.15, 0.2) is 5.78 Å². The summed E-state index contributed by atoms with van der Waals surface area (Å²) in [4.78, 5) is 42.4. The van der Waals surface area contributed by atoms with E-state index in [1.165, 1.54) is 11.5 Å². The number of amides is 2. The fraction of sp³-hybridized carbons (Fsp3) is 0.586. The van der Waals surface area contributed by atoms with Gasteiger partial charge in [-0.25, -0.2) is 8.42 Å². The molecule has 2 heterocycles. The van der Waals surface area contributed by atoms with Crippen LogP contribution in [-0.2, 0) is 24.4 Å². The lowest BCUT2D eigenvalue weighted by atomic mass is 9.81. The number of allylic oxidation sites excluding steroid dienone is 1. The molecule has 2 aliphatic carbocycles. The number of sulfonamides is 1. The van der Waals surface area contributed by atoms with Crippen molar-refractivity contribution in [3.8, 4) is 5.88 Å². The third-order valence-corrected chi connectivity index (χ3v) is 11.4. The summed E-state index contributed by atoms with van der Waals surface area (Å²) in [7, 11) is -3.76. The summed E-state index contributed by atoms with van der Waals surface area (Å²) in [5.41, 5.74) is -1.49. The molecule has 40 heavy (non-hydrogen) atoms. The largest absolute Gasteiger partial charge is 0.471 e. The number of hydrogen-bond donors (Lipinski definition) is 1. The predicted octanol–water partition coefficient (Wildman–Crippen LogP) is 4.09. The van der Waals surface area contributed by atoms with Crippen LogP contribution >= 0.6 is 11.5 Å². The Morgan fingerprint density at radius 1 is 1.27 bits per heavy atom. The molecule has 1 saturated heterocycles. The van der Waals surface area contributed by atoms with Crippen LogP contribution in [0.15, 0.2) is 36.9 Å². The number of fused-ring (bicyclic) bond motifs is 1. The van der Waals surface area contributed by atoms with Gasteiger partial charge in [-0.15, -0.1) is 6.58 Å². The first-order valence-corrected chi connectivity index (χ1v) is 16.1. The van der Waals surface area contributed by atoms with Crippen LogP contribution in [0.2, 0.25) is 0 Å². The number of likely N-dealkylation sites (tertiary alicyclic amines) is 1. The van der Waals surface area contributed by atoms with Crippen LogP contribution in [0, 0.1) is 22.7 Å². The van der Waals surface area contributed by atoms with Crippen molar-refractivity contribution in [1.29, 1.82) is 0 Å². The van der Waals surface area contributed by atoms with E-state index in [9.17, 15) is 22.8 Å². The Morgan fingerprint density at radius 2 is 1.98 bits per heavy atom. The molecule has 1 aromatic carbocycles. The molecular formula is C29H37N3O6S2. The van der Waals surface area contributed by atoms with Crippen molar-refractivity contribution < 1.29 is 27.5 Å². The number of ether oxygens (including phenoxy) is 1. The maximum atomic E-state index is 13.9. The SMILES string of the molecule is C=CC1C[C@]1(CC(=O)[C@@H]1C[C@@H](Oc2nsc3ccccc23)CN1C(=O)[C@@H](C)C(C)(C)C)C(=O)NS(=O)(=O)C1CC1. The van der Waals surface area contributed by atoms with Crippen LogP contribution in [-0.4, -0.2) is 59.2 Å². The summed E-state index contributed by atoms with van der Waals surface area (Å²) >= 11 is 1.33. The molecule has 11 heteroatoms. The minimum atomic E-state index is -3.76. The molecule has 2 saturated carbocycles. The Bertz CT molecular complexity index is 1460. The van der Waals surface area contributed by atoms with Crippen LogP contribution in [0.5, 0.6) is 5.88 Å². The summed E-state index contributed by atoms with van der Waals surface area (Å²) in [6, 6.07) is 6.94. The van der Waals surface area contributed by atoms with Crippen LogP contribution in [0.4, 0.5) is 0 Å². The first kappa shape index (κ1) is 28.7. The molecule has 3 fully saturated rings. The van der Waals surface area contributed by atoms with Gasteiger partial charge < -0.3 is 9.64 Å². The molecule has 1 unspecified atom stereocenters. The predicted molar refractivity (Wildman–Crippen MR) is 153 cm³/mol. The molecule has 0 spiro atoms. The number of Topliss-reactive ketones (excluding diaryl/α,β-unsaturated/α-hetero) is 1. The van der Waals surface area contributed by atoms with Gasteiger partial charge in [0.2, 0.25) is 27.7 Å². The lowest BCUT2D eigenvalue weighted by Crippen LogP contribution is -2.47. The third kappa shape index (κ3) is 5.42. The second-order valence-electron chi connectivity index (χ2n) is 12.6. The van der Waals surface area contributed by atoms with Gasteiger partial charge in [-0.1, -0.05) is 45.9 Å². The van der Waals surface area contributed by atoms with E-state index in [1.54, 1.807) is 11.0 Å². The number of rotatable bonds is 10. The molecule has 1 aliphatic heterocycles. The van der Waals surface area contributed by atoms with Gasteiger partial charge >= 0.3 is 0 Å². The van der Waals surface area contributed by atoms with Crippen LogP contribution in [0.3, 0.4) is 0 Å². The number of carbonyl (C=O) groups excluding carboxylic acids is 3. The van der Waals surface area contributed by atoms with Gasteiger partial charge in [0, 0.05) is 18.8 Å². The van der Waals surface area contributed by atoms with E-state index < -0.39 is 38.7 Å². The maximum absolute atomic E-state index is 13.9. The van der Waals surface area contributed by atoms with Crippen molar-refractivity contribution >= 4 is 49.2 Å². The number of aromatic nitrogens is 1. The minimum Gasteiger partial charge on any atom is -0.471 e. The molecule has 2 aromatic rings. The van der Waals surface area contributed by atoms with Gasteiger partial charge in [0.05, 0.1) is 33.3 Å². The highest BCUT2D eigenvalue weighted by Crippen LogP contribution is 2.57. The highest BCUT2D eigenvalue weighted by atomic mass is 32.2. The molecule has 0 bridgehead atoms. The van der Waals surface area contributed by atoms with Gasteiger partial charge in [-0.2, -0.15) is 4.37 Å². The number of carbonyl (C=O) groups is 3. The number of ketones is 1. The van der Waals surface area contributed by atoms with E-state index in [0.717, 1.165) is 10.1 Å². The first-order chi connectivity index (χ1) is 18.8. The zero-order valence-corrected chi connectivity index (χ0v) is 25.0. The summed E-state index contributed by atoms with van der Waals surface area (Å²) < 4.78 is 38.9. The number of hydrogen-bond acceptors (Lipinski definition) is 8. The Balaban J connectivity index is 1.38. The Labute approximate surface area is 239 Å². The highest BCUT2D eigenvalue weighted by Gasteiger charge is 2.61. The normalized spacial score (nSPS) is 27.3. The fourth-order valence-electron chi connectivity index (χ4n) is 5.46. The van der Waals surface area contributed by atoms with E-state index in [0.29, 0.717) is 25.1 Å². The average Bonchev–Trinajstić information content (AvgIpc) is 3.80. The summed E-state index contributed by atoms with van der Waals surface area (Å²) in [5.74, 6) is -1.26. The van der Waals surface area contributed by atoms with Crippen molar-refractivity contribution in [2.45, 2.75) is 77.2 Å². The lowest BCUT2D eigenvalue weighted by molar-refractivity contribution is -0.144. The lowest BCUT2D eigenvalue weighted by Gasteiger charge is -2.33. The summed E-state index contributed by atoms with van der Waals surface area (Å²) in [5, 5.41) is 0.328. The molecule has 3 aliphatic rings. The number of nitrogens with zero attached hydrogens (tertiary/aromatic N) is 2. The summed E-state index contributed by atoms with van der Waals surface area (Å²) in [6.45, 7) is 11.8. The molecule has 5 atom stereocenters. The molecule has 5 rings (SSSR count). The van der Waals surface area contributed by atoms with E-state index >= 15 is 0 Å². The number of benzene rings is 1. The Kier molecular flexibility index (Phi) is 7.35. The van der Waals surface area contributed by atoms with Crippen molar-refractivity contribution in [2.24, 2.45) is 22.7 Å². The topological polar surface area (TPSA) is 123 Å². The second kappa shape index (κ2) is 10.2. The van der Waals surface area contributed by atoms with E-state index in [1.807, 2.05) is 52.0 Å². The van der Waals surface area contributed by atoms with Crippen LogP contribution in [0.1, 0.15) is 59.8 Å². The van der Waals surface area contributed by atoms with Crippen molar-refractivity contribution in [3.05, 3.63) is 36.9 Å². The van der Waals surface area contributed by atoms with Gasteiger partial charge in [-0.3, -0.25) is 19.1 Å². The molecule has 1 aromatic heterocycles. The molecule has 0 radical (unpaired) electrons. The second-order valence-corrected chi connectivity index (χ2v) is 15.3. The summed E-state index contributed by atoms with van der Waals surface area (Å²) in [6.07, 6.45) is 2.66. The number of nitrogens with one attached hydrogen (secondary N) is 1. The van der Waals surface area contributed by atoms with Gasteiger partial charge in [-0.05, 0) is 54.3 Å². The molecule has 216 valence electrons. The van der Waals surface area contributed by atoms with Crippen LogP contribution in [0.25, 0.3) is 10.1 Å². The molecular weight excluding hydrogens is 550 g/mol. The van der Waals surface area contributed by atoms with E-state index in [2.05, 4.69) is 15.7 Å². The molecule has 9 nitrogen and oxygen atoms in total. The Hall–Kier alpha value is -2.79. The molecule has 2 amide bonds. The smallest absolute Gasteiger partial charge is 0.240 e. The van der Waals surface area contributed by atoms with Crippen molar-refractivity contribution in [2.75, 3.05) is 6.54 Å². The maximum Gasteiger partial charge on any atom is 0.240 e. The zero-order chi connectivity index (χ0) is 29.0. The highest BCUT2D eigenvalue weighted by molar-refractivity contribution is 7.90. The minimum absolute atomic E-state index is 0.147.